The highest BCUT2D eigenvalue weighted by Gasteiger charge is 2.07. The van der Waals surface area contributed by atoms with Crippen molar-refractivity contribution in [2.75, 3.05) is 0 Å². The minimum absolute atomic E-state index is 0.242. The smallest absolute Gasteiger partial charge is 0.271 e. The Balaban J connectivity index is 1.64. The normalized spacial score (nSPS) is 10.8. The molecule has 142 valence electrons. The van der Waals surface area contributed by atoms with Crippen LogP contribution in [0.3, 0.4) is 0 Å². The summed E-state index contributed by atoms with van der Waals surface area (Å²) in [5, 5.41) is 4.76. The Morgan fingerprint density at radius 1 is 1.04 bits per heavy atom. The highest BCUT2D eigenvalue weighted by Crippen LogP contribution is 2.25. The molecule has 0 saturated heterocycles. The molecule has 0 unspecified atom stereocenters. The molecule has 28 heavy (non-hydrogen) atoms. The molecule has 0 bridgehead atoms. The first-order chi connectivity index (χ1) is 13.5. The van der Waals surface area contributed by atoms with Gasteiger partial charge in [0.2, 0.25) is 0 Å². The number of aryl methyl sites for hydroxylation is 2. The molecule has 0 aliphatic rings. The number of amides is 1. The largest absolute Gasteiger partial charge is 0.488 e. The van der Waals surface area contributed by atoms with Crippen molar-refractivity contribution in [3.05, 3.63) is 99.6 Å². The molecule has 1 N–H and O–H groups in total. The molecule has 4 nitrogen and oxygen atoms in total. The van der Waals surface area contributed by atoms with E-state index in [0.29, 0.717) is 17.2 Å². The minimum Gasteiger partial charge on any atom is -0.488 e. The highest BCUT2D eigenvalue weighted by atomic mass is 35.5. The van der Waals surface area contributed by atoms with E-state index in [1.807, 2.05) is 68.4 Å². The van der Waals surface area contributed by atoms with Crippen molar-refractivity contribution >= 4 is 23.7 Å². The Morgan fingerprint density at radius 3 is 2.32 bits per heavy atom. The Labute approximate surface area is 169 Å². The maximum absolute atomic E-state index is 12.0. The van der Waals surface area contributed by atoms with Crippen molar-refractivity contribution in [1.82, 2.24) is 5.43 Å². The summed E-state index contributed by atoms with van der Waals surface area (Å²) in [5.41, 5.74) is 7.06. The van der Waals surface area contributed by atoms with Crippen LogP contribution in [-0.4, -0.2) is 12.1 Å². The van der Waals surface area contributed by atoms with Crippen LogP contribution in [0.5, 0.6) is 5.75 Å². The molecular formula is C23H21ClN2O2. The van der Waals surface area contributed by atoms with Crippen LogP contribution in [0.15, 0.2) is 71.8 Å². The average Bonchev–Trinajstić information content (AvgIpc) is 2.69. The number of hydrogen-bond donors (Lipinski definition) is 1. The zero-order valence-corrected chi connectivity index (χ0v) is 16.5. The van der Waals surface area contributed by atoms with Gasteiger partial charge in [-0.05, 0) is 72.5 Å². The molecule has 3 aromatic rings. The van der Waals surface area contributed by atoms with E-state index in [2.05, 4.69) is 10.5 Å². The van der Waals surface area contributed by atoms with Gasteiger partial charge in [0.15, 0.2) is 0 Å². The average molecular weight is 393 g/mol. The summed E-state index contributed by atoms with van der Waals surface area (Å²) < 4.78 is 5.99. The van der Waals surface area contributed by atoms with Gasteiger partial charge >= 0.3 is 0 Å². The summed E-state index contributed by atoms with van der Waals surface area (Å²) in [7, 11) is 0. The Morgan fingerprint density at radius 2 is 1.68 bits per heavy atom. The summed E-state index contributed by atoms with van der Waals surface area (Å²) in [6.45, 7) is 4.45. The number of ether oxygens (including phenoxy) is 1. The fourth-order valence-electron chi connectivity index (χ4n) is 2.84. The first kappa shape index (κ1) is 19.6. The van der Waals surface area contributed by atoms with Crippen LogP contribution in [0.4, 0.5) is 0 Å². The third-order valence-electron chi connectivity index (χ3n) is 4.19. The first-order valence-corrected chi connectivity index (χ1v) is 9.27. The van der Waals surface area contributed by atoms with Crippen LogP contribution in [-0.2, 0) is 6.61 Å². The second-order valence-corrected chi connectivity index (χ2v) is 6.90. The number of benzene rings is 3. The van der Waals surface area contributed by atoms with Gasteiger partial charge in [-0.25, -0.2) is 5.43 Å². The lowest BCUT2D eigenvalue weighted by Crippen LogP contribution is -2.17. The zero-order chi connectivity index (χ0) is 19.9. The van der Waals surface area contributed by atoms with Crippen LogP contribution >= 0.6 is 11.6 Å². The maximum Gasteiger partial charge on any atom is 0.271 e. The van der Waals surface area contributed by atoms with Crippen molar-refractivity contribution in [3.63, 3.8) is 0 Å². The molecule has 1 amide bonds. The highest BCUT2D eigenvalue weighted by molar-refractivity contribution is 6.30. The van der Waals surface area contributed by atoms with E-state index in [9.17, 15) is 4.79 Å². The summed E-state index contributed by atoms with van der Waals surface area (Å²) >= 11 is 5.91. The van der Waals surface area contributed by atoms with Crippen LogP contribution in [0, 0.1) is 13.8 Å². The number of nitrogens with zero attached hydrogens (tertiary/aromatic N) is 1. The quantitative estimate of drug-likeness (QED) is 0.457. The van der Waals surface area contributed by atoms with E-state index in [1.54, 1.807) is 18.3 Å². The Kier molecular flexibility index (Phi) is 6.45. The first-order valence-electron chi connectivity index (χ1n) is 8.90. The lowest BCUT2D eigenvalue weighted by Gasteiger charge is -2.13. The van der Waals surface area contributed by atoms with Gasteiger partial charge in [-0.1, -0.05) is 41.9 Å². The molecule has 0 spiro atoms. The van der Waals surface area contributed by atoms with E-state index in [4.69, 9.17) is 16.3 Å². The topological polar surface area (TPSA) is 50.7 Å². The second kappa shape index (κ2) is 9.20. The van der Waals surface area contributed by atoms with Crippen molar-refractivity contribution in [2.45, 2.75) is 20.5 Å². The maximum atomic E-state index is 12.0. The lowest BCUT2D eigenvalue weighted by atomic mass is 10.1. The number of hydrogen-bond acceptors (Lipinski definition) is 3. The van der Waals surface area contributed by atoms with Crippen molar-refractivity contribution in [2.24, 2.45) is 5.10 Å². The molecule has 0 saturated carbocycles. The van der Waals surface area contributed by atoms with E-state index < -0.39 is 0 Å². The van der Waals surface area contributed by atoms with Gasteiger partial charge in [0.25, 0.3) is 5.91 Å². The number of nitrogens with one attached hydrogen (secondary N) is 1. The van der Waals surface area contributed by atoms with E-state index in [0.717, 1.165) is 28.0 Å². The van der Waals surface area contributed by atoms with Crippen molar-refractivity contribution < 1.29 is 9.53 Å². The molecule has 0 radical (unpaired) electrons. The third-order valence-corrected chi connectivity index (χ3v) is 4.45. The monoisotopic (exact) mass is 392 g/mol. The van der Waals surface area contributed by atoms with Gasteiger partial charge in [0.1, 0.15) is 12.4 Å². The van der Waals surface area contributed by atoms with Crippen LogP contribution in [0.1, 0.15) is 32.6 Å². The summed E-state index contributed by atoms with van der Waals surface area (Å²) in [4.78, 5) is 12.0. The van der Waals surface area contributed by atoms with E-state index in [-0.39, 0.29) is 5.91 Å². The fourth-order valence-corrected chi connectivity index (χ4v) is 2.97. The number of halogens is 1. The molecule has 3 rings (SSSR count). The van der Waals surface area contributed by atoms with Gasteiger partial charge < -0.3 is 4.74 Å². The molecule has 0 heterocycles. The van der Waals surface area contributed by atoms with Gasteiger partial charge in [-0.15, -0.1) is 0 Å². The fraction of sp³-hybridized carbons (Fsp3) is 0.130. The molecule has 3 aromatic carbocycles. The molecule has 0 aliphatic carbocycles. The summed E-state index contributed by atoms with van der Waals surface area (Å²) in [5.74, 6) is 0.605. The lowest BCUT2D eigenvalue weighted by molar-refractivity contribution is 0.0955. The molecule has 0 aliphatic heterocycles. The Bertz CT molecular complexity index is 960. The SMILES string of the molecule is Cc1cc(/C=N\NC(=O)c2ccccc2)cc(C)c1OCc1ccc(Cl)cc1. The zero-order valence-electron chi connectivity index (χ0n) is 15.8. The van der Waals surface area contributed by atoms with Gasteiger partial charge in [0.05, 0.1) is 6.21 Å². The molecular weight excluding hydrogens is 372 g/mol. The molecule has 0 fully saturated rings. The van der Waals surface area contributed by atoms with Crippen LogP contribution in [0.2, 0.25) is 5.02 Å². The molecule has 5 heteroatoms. The van der Waals surface area contributed by atoms with Gasteiger partial charge in [-0.3, -0.25) is 4.79 Å². The minimum atomic E-state index is -0.242. The van der Waals surface area contributed by atoms with Gasteiger partial charge in [-0.2, -0.15) is 5.10 Å². The van der Waals surface area contributed by atoms with Crippen molar-refractivity contribution in [1.29, 1.82) is 0 Å². The standard InChI is InChI=1S/C23H21ClN2O2/c1-16-12-19(14-25-26-23(27)20-6-4-3-5-7-20)13-17(2)22(16)28-15-18-8-10-21(24)11-9-18/h3-14H,15H2,1-2H3,(H,26,27)/b25-14-. The second-order valence-electron chi connectivity index (χ2n) is 6.46. The number of hydrazone groups is 1. The van der Waals surface area contributed by atoms with E-state index >= 15 is 0 Å². The summed E-state index contributed by atoms with van der Waals surface area (Å²) in [6.07, 6.45) is 1.63. The van der Waals surface area contributed by atoms with Crippen molar-refractivity contribution in [3.8, 4) is 5.75 Å². The number of carbonyl (C=O) groups excluding carboxylic acids is 1. The summed E-state index contributed by atoms with van der Waals surface area (Å²) in [6, 6.07) is 20.5. The van der Waals surface area contributed by atoms with E-state index in [1.165, 1.54) is 0 Å². The molecule has 0 atom stereocenters. The predicted octanol–water partition coefficient (Wildman–Crippen LogP) is 5.30. The predicted molar refractivity (Wildman–Crippen MR) is 113 cm³/mol. The third kappa shape index (κ3) is 5.21. The van der Waals surface area contributed by atoms with Gasteiger partial charge in [0, 0.05) is 10.6 Å². The molecule has 0 aromatic heterocycles. The number of carbonyl (C=O) groups is 1. The number of rotatable bonds is 6. The van der Waals surface area contributed by atoms with Crippen LogP contribution in [0.25, 0.3) is 0 Å². The van der Waals surface area contributed by atoms with Crippen LogP contribution < -0.4 is 10.2 Å². The Hall–Kier alpha value is -3.11.